The molecule has 2 unspecified atom stereocenters. The molecule has 0 saturated carbocycles. The van der Waals surface area contributed by atoms with E-state index in [2.05, 4.69) is 152 Å². The van der Waals surface area contributed by atoms with Gasteiger partial charge in [-0.25, -0.2) is 0 Å². The molecule has 0 aromatic heterocycles. The van der Waals surface area contributed by atoms with Crippen LogP contribution in [0.4, 0.5) is 0 Å². The van der Waals surface area contributed by atoms with Gasteiger partial charge in [-0.1, -0.05) is 124 Å². The zero-order valence-corrected chi connectivity index (χ0v) is 32.3. The van der Waals surface area contributed by atoms with Crippen molar-refractivity contribution in [2.45, 2.75) is 68.2 Å². The van der Waals surface area contributed by atoms with E-state index in [0.29, 0.717) is 18.2 Å². The van der Waals surface area contributed by atoms with Crippen molar-refractivity contribution in [3.8, 4) is 11.1 Å². The third-order valence-corrected chi connectivity index (χ3v) is 10.8. The summed E-state index contributed by atoms with van der Waals surface area (Å²) in [5, 5.41) is 0. The molecular weight excluding hydrogens is 877 g/mol. The Morgan fingerprint density at radius 3 is 1.89 bits per heavy atom. The van der Waals surface area contributed by atoms with Crippen LogP contribution in [0.25, 0.3) is 16.7 Å². The predicted molar refractivity (Wildman–Crippen MR) is 185 cm³/mol. The van der Waals surface area contributed by atoms with E-state index in [-0.39, 0.29) is 50.0 Å². The van der Waals surface area contributed by atoms with Gasteiger partial charge in [0.1, 0.15) is 0 Å². The van der Waals surface area contributed by atoms with Crippen LogP contribution in [0.5, 0.6) is 0 Å². The fraction of sp³-hybridized carbons (Fsp3) is 0.297. The number of benzene rings is 3. The minimum absolute atomic E-state index is 0. The number of hydrogen-bond acceptors (Lipinski definition) is 4. The van der Waals surface area contributed by atoms with Crippen molar-refractivity contribution in [2.75, 3.05) is 0 Å². The van der Waals surface area contributed by atoms with Crippen LogP contribution in [0.3, 0.4) is 0 Å². The van der Waals surface area contributed by atoms with Crippen molar-refractivity contribution < 1.29 is 50.3 Å². The number of ether oxygens (including phenoxy) is 2. The Hall–Kier alpha value is -1.64. The number of rotatable bonds is 6. The van der Waals surface area contributed by atoms with Gasteiger partial charge in [-0.05, 0) is 84.8 Å². The maximum Gasteiger partial charge on any atom is 0.182 e. The number of aryl methyl sites for hydroxylation is 3. The average molecular weight is 913 g/mol. The van der Waals surface area contributed by atoms with Gasteiger partial charge >= 0.3 is 0 Å². The van der Waals surface area contributed by atoms with Crippen LogP contribution < -0.4 is 0 Å². The van der Waals surface area contributed by atoms with E-state index in [9.17, 15) is 0 Å². The standard InChI is InChI=1S/C37H36Br2N2O2.2Pd/c1-23-9-7-11-26(13-23)28-15-25(3)16-29(17-28)33-40-35(4,21-42-33)20-36(5)22-43-34(41-36)31-18-30(19-37(6,39)32(31)38)27-12-8-10-24(2)14-27;;/h7-19,21-22,32H,20H2,1-6H3;;/q-2;;/t32?,35-,36-,37?;;/m1../s1. The van der Waals surface area contributed by atoms with Crippen LogP contribution in [-0.4, -0.2) is 32.0 Å². The van der Waals surface area contributed by atoms with E-state index in [4.69, 9.17) is 19.5 Å². The summed E-state index contributed by atoms with van der Waals surface area (Å²) in [6.07, 6.45) is 5.04. The molecule has 0 fully saturated rings. The first-order chi connectivity index (χ1) is 20.3. The molecule has 6 rings (SSSR count). The molecule has 0 amide bonds. The van der Waals surface area contributed by atoms with Crippen LogP contribution in [-0.2, 0) is 50.3 Å². The van der Waals surface area contributed by atoms with Crippen LogP contribution in [0, 0.1) is 34.0 Å². The fourth-order valence-electron chi connectivity index (χ4n) is 6.11. The minimum atomic E-state index is -0.580. The van der Waals surface area contributed by atoms with Gasteiger partial charge in [0.15, 0.2) is 11.8 Å². The zero-order valence-electron chi connectivity index (χ0n) is 26.0. The Morgan fingerprint density at radius 2 is 1.24 bits per heavy atom. The van der Waals surface area contributed by atoms with Gasteiger partial charge in [0.25, 0.3) is 0 Å². The maximum absolute atomic E-state index is 6.21. The summed E-state index contributed by atoms with van der Waals surface area (Å²) in [5.41, 5.74) is 9.09. The molecule has 3 aromatic carbocycles. The van der Waals surface area contributed by atoms with Gasteiger partial charge < -0.3 is 9.47 Å². The molecule has 0 radical (unpaired) electrons. The topological polar surface area (TPSA) is 43.2 Å². The molecule has 4 atom stereocenters. The van der Waals surface area contributed by atoms with E-state index in [0.717, 1.165) is 27.8 Å². The van der Waals surface area contributed by atoms with Gasteiger partial charge in [0, 0.05) is 52.0 Å². The van der Waals surface area contributed by atoms with Gasteiger partial charge in [-0.2, -0.15) is 0 Å². The van der Waals surface area contributed by atoms with Crippen LogP contribution >= 0.6 is 31.9 Å². The largest absolute Gasteiger partial charge is 0.647 e. The van der Waals surface area contributed by atoms with Gasteiger partial charge in [0.2, 0.25) is 0 Å². The molecule has 0 saturated heterocycles. The summed E-state index contributed by atoms with van der Waals surface area (Å²) in [4.78, 5) is 10.2. The number of halogens is 2. The summed E-state index contributed by atoms with van der Waals surface area (Å²) >= 11 is 7.86. The maximum atomic E-state index is 6.21. The first-order valence-corrected chi connectivity index (χ1v) is 16.3. The van der Waals surface area contributed by atoms with Gasteiger partial charge in [-0.15, -0.1) is 13.2 Å². The average Bonchev–Trinajstić information content (AvgIpc) is 3.52. The van der Waals surface area contributed by atoms with E-state index in [1.807, 2.05) is 13.2 Å². The van der Waals surface area contributed by atoms with Crippen molar-refractivity contribution in [3.05, 3.63) is 125 Å². The molecule has 2 aliphatic heterocycles. The third-order valence-electron chi connectivity index (χ3n) is 8.07. The Morgan fingerprint density at radius 1 is 0.711 bits per heavy atom. The normalized spacial score (nSPS) is 27.2. The van der Waals surface area contributed by atoms with E-state index in [1.165, 1.54) is 22.3 Å². The van der Waals surface area contributed by atoms with Gasteiger partial charge in [-0.3, -0.25) is 9.98 Å². The first kappa shape index (κ1) is 36.2. The predicted octanol–water partition coefficient (Wildman–Crippen LogP) is 9.65. The quantitative estimate of drug-likeness (QED) is 0.141. The molecule has 0 bridgehead atoms. The second-order valence-corrected chi connectivity index (χ2v) is 15.4. The van der Waals surface area contributed by atoms with E-state index >= 15 is 0 Å². The van der Waals surface area contributed by atoms with Crippen LogP contribution in [0.1, 0.15) is 55.0 Å². The number of hydrogen-bond donors (Lipinski definition) is 0. The molecule has 45 heavy (non-hydrogen) atoms. The van der Waals surface area contributed by atoms with E-state index in [1.54, 1.807) is 0 Å². The second kappa shape index (κ2) is 13.8. The van der Waals surface area contributed by atoms with Crippen molar-refractivity contribution >= 4 is 49.2 Å². The summed E-state index contributed by atoms with van der Waals surface area (Å²) in [5.74, 6) is 1.26. The Kier molecular flexibility index (Phi) is 11.1. The minimum Gasteiger partial charge on any atom is -0.647 e. The summed E-state index contributed by atoms with van der Waals surface area (Å²) in [6.45, 7) is 16.4. The summed E-state index contributed by atoms with van der Waals surface area (Å²) in [6, 6.07) is 23.6. The van der Waals surface area contributed by atoms with Gasteiger partial charge in [0.05, 0.1) is 9.15 Å². The molecule has 3 aliphatic rings. The zero-order chi connectivity index (χ0) is 30.6. The van der Waals surface area contributed by atoms with Crippen LogP contribution in [0.15, 0.2) is 94.4 Å². The number of alkyl halides is 2. The molecule has 242 valence electrons. The molecule has 1 aliphatic carbocycles. The van der Waals surface area contributed by atoms with Crippen LogP contribution in [0.2, 0.25) is 0 Å². The van der Waals surface area contributed by atoms with E-state index < -0.39 is 11.1 Å². The SMILES string of the molecule is Cc1cccc(C2=CC(C)(Br)C(Br)C(C3=N[C@](C)(C[C@]4(C)[CH-]OC(c5cc(C)cc(-c6cccc(C)c6)c5)=N4)[CH-]O3)=C2)c1.[Pd].[Pd]. The molecule has 4 nitrogen and oxygen atoms in total. The number of allylic oxidation sites excluding steroid dienone is 3. The molecule has 8 heteroatoms. The van der Waals surface area contributed by atoms with Crippen molar-refractivity contribution in [3.63, 3.8) is 0 Å². The monoisotopic (exact) mass is 910 g/mol. The van der Waals surface area contributed by atoms with Crippen molar-refractivity contribution in [2.24, 2.45) is 9.98 Å². The summed E-state index contributed by atoms with van der Waals surface area (Å²) < 4.78 is 12.0. The molecule has 0 spiro atoms. The molecule has 0 N–H and O–H groups in total. The fourth-order valence-corrected chi connectivity index (χ4v) is 7.06. The first-order valence-electron chi connectivity index (χ1n) is 14.6. The Labute approximate surface area is 311 Å². The Bertz CT molecular complexity index is 1730. The second-order valence-electron chi connectivity index (χ2n) is 12.7. The third kappa shape index (κ3) is 7.92. The Balaban J connectivity index is 0.00000230. The number of aliphatic imine (C=N–C) groups is 2. The number of nitrogens with zero attached hydrogens (tertiary/aromatic N) is 2. The van der Waals surface area contributed by atoms with Crippen molar-refractivity contribution in [1.82, 2.24) is 0 Å². The molecule has 3 aromatic rings. The molecule has 2 heterocycles. The summed E-state index contributed by atoms with van der Waals surface area (Å²) in [7, 11) is 0. The smallest absolute Gasteiger partial charge is 0.182 e. The molecular formula is C37H36Br2N2O2Pd2-2. The van der Waals surface area contributed by atoms with Crippen molar-refractivity contribution in [1.29, 1.82) is 0 Å².